The van der Waals surface area contributed by atoms with Crippen molar-refractivity contribution in [3.63, 3.8) is 0 Å². The lowest BCUT2D eigenvalue weighted by Crippen LogP contribution is -2.35. The average molecular weight is 280 g/mol. The fraction of sp³-hybridized carbons (Fsp3) is 0.250. The molecule has 4 rings (SSSR count). The molecule has 0 aliphatic carbocycles. The smallest absolute Gasteiger partial charge is 0.256 e. The number of para-hydroxylation sites is 1. The summed E-state index contributed by atoms with van der Waals surface area (Å²) in [6.07, 6.45) is 4.58. The normalized spacial score (nSPS) is 14.4. The van der Waals surface area contributed by atoms with Crippen LogP contribution in [0.3, 0.4) is 0 Å². The molecule has 0 spiro atoms. The fourth-order valence-corrected chi connectivity index (χ4v) is 3.08. The Balaban J connectivity index is 1.71. The number of hydrogen-bond acceptors (Lipinski definition) is 2. The number of carbonyl (C=O) groups is 1. The second kappa shape index (κ2) is 4.48. The van der Waals surface area contributed by atoms with Gasteiger partial charge in [-0.2, -0.15) is 5.10 Å². The fourth-order valence-electron chi connectivity index (χ4n) is 3.08. The summed E-state index contributed by atoms with van der Waals surface area (Å²) in [5, 5.41) is 8.07. The number of aromatic nitrogens is 3. The quantitative estimate of drug-likeness (QED) is 0.742. The van der Waals surface area contributed by atoms with Gasteiger partial charge >= 0.3 is 0 Å². The Kier molecular flexibility index (Phi) is 2.60. The average Bonchev–Trinajstić information content (AvgIpc) is 3.11. The van der Waals surface area contributed by atoms with Gasteiger partial charge < -0.3 is 9.47 Å². The minimum atomic E-state index is 0.0960. The number of carbonyl (C=O) groups excluding carboxylic acids is 1. The molecule has 1 aliphatic heterocycles. The van der Waals surface area contributed by atoms with Crippen LogP contribution in [0.5, 0.6) is 0 Å². The molecule has 1 aliphatic rings. The van der Waals surface area contributed by atoms with Gasteiger partial charge in [0.2, 0.25) is 0 Å². The first kappa shape index (κ1) is 12.2. The lowest BCUT2D eigenvalue weighted by molar-refractivity contribution is 0.0736. The highest BCUT2D eigenvalue weighted by Gasteiger charge is 2.25. The number of aromatic amines is 1. The molecule has 1 aromatic carbocycles. The molecule has 0 unspecified atom stereocenters. The number of nitrogens with one attached hydrogen (secondary N) is 1. The Hall–Kier alpha value is -2.56. The molecule has 3 aromatic rings. The van der Waals surface area contributed by atoms with Gasteiger partial charge in [0, 0.05) is 54.9 Å². The minimum Gasteiger partial charge on any atom is -0.350 e. The molecule has 3 heterocycles. The molecule has 0 fully saturated rings. The van der Waals surface area contributed by atoms with E-state index in [1.807, 2.05) is 53.2 Å². The van der Waals surface area contributed by atoms with E-state index in [9.17, 15) is 4.79 Å². The van der Waals surface area contributed by atoms with Gasteiger partial charge in [0.25, 0.3) is 5.91 Å². The molecule has 0 radical (unpaired) electrons. The standard InChI is InChI=1S/C16H16N4O/c1-19-10-13(12-4-2-3-5-15(12)19)16(21)20-7-6-14-11(9-20)8-17-18-14/h2-5,8,10H,6-7,9H2,1H3,(H,17,18). The summed E-state index contributed by atoms with van der Waals surface area (Å²) in [5.41, 5.74) is 4.13. The van der Waals surface area contributed by atoms with Crippen molar-refractivity contribution in [2.45, 2.75) is 13.0 Å². The number of rotatable bonds is 1. The largest absolute Gasteiger partial charge is 0.350 e. The van der Waals surface area contributed by atoms with Crippen molar-refractivity contribution >= 4 is 16.8 Å². The maximum absolute atomic E-state index is 12.8. The number of H-pyrrole nitrogens is 1. The van der Waals surface area contributed by atoms with Crippen molar-refractivity contribution in [2.75, 3.05) is 6.54 Å². The van der Waals surface area contributed by atoms with Crippen LogP contribution in [0.1, 0.15) is 21.6 Å². The Morgan fingerprint density at radius 2 is 2.19 bits per heavy atom. The summed E-state index contributed by atoms with van der Waals surface area (Å²) in [7, 11) is 1.98. The predicted molar refractivity (Wildman–Crippen MR) is 80.0 cm³/mol. The van der Waals surface area contributed by atoms with Crippen LogP contribution in [0, 0.1) is 0 Å². The lowest BCUT2D eigenvalue weighted by atomic mass is 10.1. The van der Waals surface area contributed by atoms with Gasteiger partial charge in [0.15, 0.2) is 0 Å². The summed E-state index contributed by atoms with van der Waals surface area (Å²) >= 11 is 0. The van der Waals surface area contributed by atoms with Gasteiger partial charge in [-0.1, -0.05) is 18.2 Å². The summed E-state index contributed by atoms with van der Waals surface area (Å²) in [6, 6.07) is 8.02. The van der Waals surface area contributed by atoms with Crippen LogP contribution in [-0.4, -0.2) is 32.1 Å². The molecule has 2 aromatic heterocycles. The first-order valence-electron chi connectivity index (χ1n) is 7.08. The van der Waals surface area contributed by atoms with Crippen LogP contribution in [-0.2, 0) is 20.0 Å². The second-order valence-corrected chi connectivity index (χ2v) is 5.52. The maximum Gasteiger partial charge on any atom is 0.256 e. The third-order valence-corrected chi connectivity index (χ3v) is 4.22. The van der Waals surface area contributed by atoms with Gasteiger partial charge in [0.05, 0.1) is 11.8 Å². The number of hydrogen-bond donors (Lipinski definition) is 1. The summed E-state index contributed by atoms with van der Waals surface area (Å²) in [4.78, 5) is 14.7. The van der Waals surface area contributed by atoms with E-state index in [1.165, 1.54) is 0 Å². The zero-order valence-electron chi connectivity index (χ0n) is 11.8. The molecule has 5 heteroatoms. The van der Waals surface area contributed by atoms with Crippen LogP contribution < -0.4 is 0 Å². The van der Waals surface area contributed by atoms with Gasteiger partial charge in [-0.15, -0.1) is 0 Å². The van der Waals surface area contributed by atoms with E-state index in [0.29, 0.717) is 6.54 Å². The van der Waals surface area contributed by atoms with Crippen molar-refractivity contribution in [2.24, 2.45) is 7.05 Å². The Morgan fingerprint density at radius 3 is 3.10 bits per heavy atom. The van der Waals surface area contributed by atoms with E-state index in [2.05, 4.69) is 10.2 Å². The first-order valence-corrected chi connectivity index (χ1v) is 7.08. The Labute approximate surface area is 122 Å². The van der Waals surface area contributed by atoms with E-state index in [0.717, 1.165) is 40.7 Å². The molecule has 21 heavy (non-hydrogen) atoms. The molecule has 0 atom stereocenters. The predicted octanol–water partition coefficient (Wildman–Crippen LogP) is 2.10. The summed E-state index contributed by atoms with van der Waals surface area (Å²) in [5.74, 6) is 0.0960. The molecule has 106 valence electrons. The Morgan fingerprint density at radius 1 is 1.33 bits per heavy atom. The van der Waals surface area contributed by atoms with Crippen LogP contribution in [0.25, 0.3) is 10.9 Å². The van der Waals surface area contributed by atoms with Gasteiger partial charge in [-0.05, 0) is 6.07 Å². The molecule has 1 N–H and O–H groups in total. The third kappa shape index (κ3) is 1.85. The first-order chi connectivity index (χ1) is 10.2. The van der Waals surface area contributed by atoms with Crippen molar-refractivity contribution in [3.05, 3.63) is 53.5 Å². The maximum atomic E-state index is 12.8. The number of benzene rings is 1. The topological polar surface area (TPSA) is 53.9 Å². The molecular weight excluding hydrogens is 264 g/mol. The van der Waals surface area contributed by atoms with E-state index >= 15 is 0 Å². The van der Waals surface area contributed by atoms with Crippen molar-refractivity contribution < 1.29 is 4.79 Å². The van der Waals surface area contributed by atoms with Crippen LogP contribution in [0.2, 0.25) is 0 Å². The highest BCUT2D eigenvalue weighted by Crippen LogP contribution is 2.24. The van der Waals surface area contributed by atoms with Crippen molar-refractivity contribution in [1.82, 2.24) is 19.7 Å². The molecule has 0 bridgehead atoms. The number of fused-ring (bicyclic) bond motifs is 2. The van der Waals surface area contributed by atoms with Gasteiger partial charge in [-0.3, -0.25) is 9.89 Å². The zero-order chi connectivity index (χ0) is 14.4. The van der Waals surface area contributed by atoms with E-state index in [1.54, 1.807) is 0 Å². The number of aryl methyl sites for hydroxylation is 1. The van der Waals surface area contributed by atoms with E-state index in [4.69, 9.17) is 0 Å². The molecule has 5 nitrogen and oxygen atoms in total. The number of nitrogens with zero attached hydrogens (tertiary/aromatic N) is 3. The zero-order valence-corrected chi connectivity index (χ0v) is 11.8. The van der Waals surface area contributed by atoms with Crippen LogP contribution in [0.15, 0.2) is 36.7 Å². The second-order valence-electron chi connectivity index (χ2n) is 5.52. The highest BCUT2D eigenvalue weighted by atomic mass is 16.2. The van der Waals surface area contributed by atoms with Crippen molar-refractivity contribution in [1.29, 1.82) is 0 Å². The van der Waals surface area contributed by atoms with Gasteiger partial charge in [0.1, 0.15) is 0 Å². The van der Waals surface area contributed by atoms with Crippen molar-refractivity contribution in [3.8, 4) is 0 Å². The highest BCUT2D eigenvalue weighted by molar-refractivity contribution is 6.07. The summed E-state index contributed by atoms with van der Waals surface area (Å²) < 4.78 is 2.01. The van der Waals surface area contributed by atoms with Gasteiger partial charge in [-0.25, -0.2) is 0 Å². The van der Waals surface area contributed by atoms with E-state index in [-0.39, 0.29) is 5.91 Å². The number of amides is 1. The minimum absolute atomic E-state index is 0.0960. The monoisotopic (exact) mass is 280 g/mol. The molecule has 0 saturated heterocycles. The molecule has 1 amide bonds. The SMILES string of the molecule is Cn1cc(C(=O)N2CCc3[nH]ncc3C2)c2ccccc21. The van der Waals surface area contributed by atoms with E-state index < -0.39 is 0 Å². The lowest BCUT2D eigenvalue weighted by Gasteiger charge is -2.26. The molecular formula is C16H16N4O. The van der Waals surface area contributed by atoms with Crippen LogP contribution in [0.4, 0.5) is 0 Å². The summed E-state index contributed by atoms with van der Waals surface area (Å²) in [6.45, 7) is 1.37. The molecule has 0 saturated carbocycles. The third-order valence-electron chi connectivity index (χ3n) is 4.22. The Bertz CT molecular complexity index is 830. The van der Waals surface area contributed by atoms with Crippen LogP contribution >= 0.6 is 0 Å².